The van der Waals surface area contributed by atoms with Crippen molar-refractivity contribution in [3.05, 3.63) is 59.3 Å². The highest BCUT2D eigenvalue weighted by atomic mass is 32.2. The fraction of sp³-hybridized carbons (Fsp3) is 0.391. The third-order valence-corrected chi connectivity index (χ3v) is 8.58. The molecular formula is C23H27NO6S2. The van der Waals surface area contributed by atoms with Crippen molar-refractivity contribution in [3.8, 4) is 0 Å². The van der Waals surface area contributed by atoms with E-state index in [9.17, 15) is 16.8 Å². The first kappa shape index (κ1) is 23.0. The van der Waals surface area contributed by atoms with Crippen LogP contribution in [0.5, 0.6) is 0 Å². The van der Waals surface area contributed by atoms with Crippen LogP contribution in [0.25, 0.3) is 10.9 Å². The van der Waals surface area contributed by atoms with Crippen molar-refractivity contribution >= 4 is 30.8 Å². The van der Waals surface area contributed by atoms with Gasteiger partial charge >= 0.3 is 0 Å². The second-order valence-electron chi connectivity index (χ2n) is 8.24. The Morgan fingerprint density at radius 1 is 1.06 bits per heavy atom. The van der Waals surface area contributed by atoms with Gasteiger partial charge in [0.15, 0.2) is 16.1 Å². The first-order chi connectivity index (χ1) is 15.1. The summed E-state index contributed by atoms with van der Waals surface area (Å²) in [5.74, 6) is 0. The summed E-state index contributed by atoms with van der Waals surface area (Å²) in [6.07, 6.45) is 4.92. The summed E-state index contributed by atoms with van der Waals surface area (Å²) in [5, 5.41) is 0.539. The molecular weight excluding hydrogens is 450 g/mol. The number of fused-ring (bicyclic) bond motifs is 1. The Hall–Kier alpha value is -2.20. The maximum Gasteiger partial charge on any atom is 0.268 e. The largest absolute Gasteiger partial charge is 0.353 e. The molecule has 1 fully saturated rings. The molecule has 2 heterocycles. The third kappa shape index (κ3) is 4.34. The molecule has 9 heteroatoms. The molecule has 4 rings (SSSR count). The third-order valence-electron chi connectivity index (χ3n) is 5.72. The van der Waals surface area contributed by atoms with Gasteiger partial charge in [0.05, 0.1) is 21.9 Å². The van der Waals surface area contributed by atoms with Gasteiger partial charge in [0.1, 0.15) is 0 Å². The van der Waals surface area contributed by atoms with Crippen LogP contribution >= 0.6 is 0 Å². The van der Waals surface area contributed by atoms with Crippen LogP contribution in [0.2, 0.25) is 0 Å². The Kier molecular flexibility index (Phi) is 6.19. The van der Waals surface area contributed by atoms with Gasteiger partial charge in [-0.05, 0) is 62.9 Å². The van der Waals surface area contributed by atoms with Crippen LogP contribution in [-0.2, 0) is 35.9 Å². The van der Waals surface area contributed by atoms with E-state index in [2.05, 4.69) is 0 Å². The number of hydrogen-bond donors (Lipinski definition) is 0. The molecule has 0 aliphatic carbocycles. The molecule has 3 aromatic rings. The minimum Gasteiger partial charge on any atom is -0.353 e. The van der Waals surface area contributed by atoms with E-state index in [0.717, 1.165) is 31.1 Å². The zero-order chi connectivity index (χ0) is 23.1. The number of nitrogens with zero attached hydrogens (tertiary/aromatic N) is 1. The van der Waals surface area contributed by atoms with Crippen LogP contribution in [0.15, 0.2) is 52.4 Å². The van der Waals surface area contributed by atoms with E-state index in [-0.39, 0.29) is 16.4 Å². The van der Waals surface area contributed by atoms with Gasteiger partial charge in [-0.1, -0.05) is 17.7 Å². The van der Waals surface area contributed by atoms with Crippen LogP contribution in [0.4, 0.5) is 0 Å². The number of sulfone groups is 1. The molecule has 1 aliphatic heterocycles. The summed E-state index contributed by atoms with van der Waals surface area (Å²) >= 11 is 0. The fourth-order valence-corrected chi connectivity index (χ4v) is 6.47. The minimum absolute atomic E-state index is 0.0123. The van der Waals surface area contributed by atoms with E-state index in [0.29, 0.717) is 28.6 Å². The molecule has 0 amide bonds. The number of benzene rings is 2. The number of ether oxygens (including phenoxy) is 2. The monoisotopic (exact) mass is 477 g/mol. The zero-order valence-electron chi connectivity index (χ0n) is 18.4. The lowest BCUT2D eigenvalue weighted by Crippen LogP contribution is -2.22. The van der Waals surface area contributed by atoms with E-state index in [1.165, 1.54) is 16.2 Å². The molecule has 0 radical (unpaired) electrons. The Morgan fingerprint density at radius 2 is 1.78 bits per heavy atom. The van der Waals surface area contributed by atoms with E-state index in [4.69, 9.17) is 9.47 Å². The van der Waals surface area contributed by atoms with E-state index < -0.39 is 26.2 Å². The van der Waals surface area contributed by atoms with E-state index in [1.807, 2.05) is 6.92 Å². The molecule has 1 aromatic heterocycles. The first-order valence-corrected chi connectivity index (χ1v) is 13.8. The quantitative estimate of drug-likeness (QED) is 0.534. The number of rotatable bonds is 6. The topological polar surface area (TPSA) is 91.7 Å². The second kappa shape index (κ2) is 8.62. The van der Waals surface area contributed by atoms with Gasteiger partial charge < -0.3 is 9.47 Å². The van der Waals surface area contributed by atoms with E-state index in [1.54, 1.807) is 37.3 Å². The van der Waals surface area contributed by atoms with Crippen LogP contribution in [-0.4, -0.2) is 40.0 Å². The van der Waals surface area contributed by atoms with Crippen LogP contribution in [0.3, 0.4) is 0 Å². The maximum atomic E-state index is 13.4. The normalized spacial score (nSPS) is 17.7. The SMILES string of the molecule is Cc1ccc(S(=O)(=O)n2ccc3c(COC4CCCCO4)c(S(C)(=O)=O)cc(C)c32)cc1. The summed E-state index contributed by atoms with van der Waals surface area (Å²) in [7, 11) is -7.42. The fourth-order valence-electron chi connectivity index (χ4n) is 4.05. The summed E-state index contributed by atoms with van der Waals surface area (Å²) in [5.41, 5.74) is 2.40. The van der Waals surface area contributed by atoms with Crippen molar-refractivity contribution in [1.82, 2.24) is 3.97 Å². The molecule has 7 nitrogen and oxygen atoms in total. The number of hydrogen-bond acceptors (Lipinski definition) is 6. The van der Waals surface area contributed by atoms with Crippen molar-refractivity contribution in [2.24, 2.45) is 0 Å². The molecule has 2 aromatic carbocycles. The average Bonchev–Trinajstić information content (AvgIpc) is 3.20. The molecule has 172 valence electrons. The van der Waals surface area contributed by atoms with E-state index >= 15 is 0 Å². The molecule has 1 aliphatic rings. The second-order valence-corrected chi connectivity index (χ2v) is 12.0. The summed E-state index contributed by atoms with van der Waals surface area (Å²) < 4.78 is 64.6. The highest BCUT2D eigenvalue weighted by Gasteiger charge is 2.26. The van der Waals surface area contributed by atoms with Crippen molar-refractivity contribution < 1.29 is 26.3 Å². The lowest BCUT2D eigenvalue weighted by atomic mass is 10.1. The molecule has 0 N–H and O–H groups in total. The molecule has 0 bridgehead atoms. The Balaban J connectivity index is 1.85. The lowest BCUT2D eigenvalue weighted by molar-refractivity contribution is -0.169. The Bertz CT molecular complexity index is 1350. The molecule has 0 saturated carbocycles. The zero-order valence-corrected chi connectivity index (χ0v) is 20.0. The minimum atomic E-state index is -3.86. The Labute approximate surface area is 188 Å². The Morgan fingerprint density at radius 3 is 2.41 bits per heavy atom. The maximum absolute atomic E-state index is 13.4. The highest BCUT2D eigenvalue weighted by Crippen LogP contribution is 2.33. The standard InChI is InChI=1S/C23H27NO6S2/c1-16-7-9-18(10-8-16)32(27,28)24-12-11-19-20(15-30-22-6-4-5-13-29-22)21(31(3,25)26)14-17(2)23(19)24/h7-12,14,22H,4-6,13,15H2,1-3H3. The van der Waals surface area contributed by atoms with Crippen molar-refractivity contribution in [3.63, 3.8) is 0 Å². The van der Waals surface area contributed by atoms with Gasteiger partial charge in [0.2, 0.25) is 0 Å². The van der Waals surface area contributed by atoms with Gasteiger partial charge in [-0.25, -0.2) is 20.8 Å². The number of aryl methyl sites for hydroxylation is 2. The van der Waals surface area contributed by atoms with Gasteiger partial charge in [-0.3, -0.25) is 0 Å². The van der Waals surface area contributed by atoms with Gasteiger partial charge in [0, 0.05) is 30.0 Å². The summed E-state index contributed by atoms with van der Waals surface area (Å²) in [6.45, 7) is 4.23. The van der Waals surface area contributed by atoms with Crippen LogP contribution in [0.1, 0.15) is 36.0 Å². The average molecular weight is 478 g/mol. The van der Waals surface area contributed by atoms with Crippen LogP contribution < -0.4 is 0 Å². The molecule has 1 saturated heterocycles. The molecule has 0 spiro atoms. The predicted octanol–water partition coefficient (Wildman–Crippen LogP) is 3.94. The smallest absolute Gasteiger partial charge is 0.268 e. The van der Waals surface area contributed by atoms with Gasteiger partial charge in [0.25, 0.3) is 10.0 Å². The summed E-state index contributed by atoms with van der Waals surface area (Å²) in [4.78, 5) is 0.310. The van der Waals surface area contributed by atoms with Crippen molar-refractivity contribution in [2.75, 3.05) is 12.9 Å². The number of aromatic nitrogens is 1. The first-order valence-electron chi connectivity index (χ1n) is 10.5. The van der Waals surface area contributed by atoms with Crippen LogP contribution in [0, 0.1) is 13.8 Å². The summed E-state index contributed by atoms with van der Waals surface area (Å²) in [6, 6.07) is 9.80. The van der Waals surface area contributed by atoms with Gasteiger partial charge in [-0.2, -0.15) is 0 Å². The van der Waals surface area contributed by atoms with Crippen molar-refractivity contribution in [2.45, 2.75) is 55.8 Å². The predicted molar refractivity (Wildman–Crippen MR) is 122 cm³/mol. The molecule has 32 heavy (non-hydrogen) atoms. The van der Waals surface area contributed by atoms with Crippen molar-refractivity contribution in [1.29, 1.82) is 0 Å². The highest BCUT2D eigenvalue weighted by molar-refractivity contribution is 7.91. The molecule has 1 atom stereocenters. The van der Waals surface area contributed by atoms with Gasteiger partial charge in [-0.15, -0.1) is 0 Å². The molecule has 1 unspecified atom stereocenters. The lowest BCUT2D eigenvalue weighted by Gasteiger charge is -2.23.